The number of aryl methyl sites for hydroxylation is 2. The fourth-order valence-electron chi connectivity index (χ4n) is 2.56. The fraction of sp³-hybridized carbons (Fsp3) is 0.176. The van der Waals surface area contributed by atoms with E-state index in [1.54, 1.807) is 48.9 Å². The number of hydrogen-bond acceptors (Lipinski definition) is 4. The van der Waals surface area contributed by atoms with E-state index in [4.69, 9.17) is 4.74 Å². The Labute approximate surface area is 133 Å². The number of aromatic hydroxyl groups is 1. The molecule has 2 heterocycles. The van der Waals surface area contributed by atoms with E-state index in [0.29, 0.717) is 28.5 Å². The van der Waals surface area contributed by atoms with Crippen molar-refractivity contribution >= 4 is 17.2 Å². The summed E-state index contributed by atoms with van der Waals surface area (Å²) >= 11 is 0. The Morgan fingerprint density at radius 2 is 2.09 bits per heavy atom. The van der Waals surface area contributed by atoms with Crippen molar-refractivity contribution in [2.75, 3.05) is 12.4 Å². The predicted molar refractivity (Wildman–Crippen MR) is 87.3 cm³/mol. The molecule has 0 fully saturated rings. The third kappa shape index (κ3) is 2.59. The fourth-order valence-corrected chi connectivity index (χ4v) is 2.56. The average molecular weight is 311 g/mol. The molecule has 1 aromatic carbocycles. The van der Waals surface area contributed by atoms with Crippen LogP contribution in [0.1, 0.15) is 21.7 Å². The van der Waals surface area contributed by atoms with Gasteiger partial charge < -0.3 is 15.2 Å². The number of phenols is 1. The second-order valence-electron chi connectivity index (χ2n) is 5.27. The lowest BCUT2D eigenvalue weighted by Gasteiger charge is -2.09. The summed E-state index contributed by atoms with van der Waals surface area (Å²) in [5.74, 6) is 0.503. The number of nitrogens with zero attached hydrogens (tertiary/aromatic N) is 2. The van der Waals surface area contributed by atoms with E-state index in [0.717, 1.165) is 5.56 Å². The molecular weight excluding hydrogens is 294 g/mol. The molecule has 0 unspecified atom stereocenters. The maximum absolute atomic E-state index is 12.7. The number of hydrogen-bond donors (Lipinski definition) is 2. The molecular formula is C17H17N3O3. The van der Waals surface area contributed by atoms with Gasteiger partial charge in [0.25, 0.3) is 5.91 Å². The molecule has 2 aromatic heterocycles. The highest BCUT2D eigenvalue weighted by atomic mass is 16.5. The first-order valence-corrected chi connectivity index (χ1v) is 7.14. The Balaban J connectivity index is 2.03. The van der Waals surface area contributed by atoms with Crippen molar-refractivity contribution in [2.45, 2.75) is 13.8 Å². The number of rotatable bonds is 3. The monoisotopic (exact) mass is 311 g/mol. The second-order valence-corrected chi connectivity index (χ2v) is 5.27. The molecule has 3 aromatic rings. The molecule has 0 radical (unpaired) electrons. The second kappa shape index (κ2) is 5.64. The number of benzene rings is 1. The standard InChI is InChI=1S/C17H17N3O3/c1-10-9-12(21)6-7-13(10)19-17(22)15-11(2)18-16-14(23-3)5-4-8-20(15)16/h4-9,21H,1-3H3,(H,19,22). The van der Waals surface area contributed by atoms with Gasteiger partial charge >= 0.3 is 0 Å². The number of nitrogens with one attached hydrogen (secondary N) is 1. The Kier molecular flexibility index (Phi) is 3.65. The molecule has 0 aliphatic heterocycles. The van der Waals surface area contributed by atoms with Crippen LogP contribution in [0.15, 0.2) is 36.5 Å². The minimum Gasteiger partial charge on any atom is -0.508 e. The van der Waals surface area contributed by atoms with Gasteiger partial charge in [-0.2, -0.15) is 0 Å². The molecule has 0 saturated heterocycles. The highest BCUT2D eigenvalue weighted by molar-refractivity contribution is 6.05. The third-order valence-electron chi connectivity index (χ3n) is 3.68. The van der Waals surface area contributed by atoms with Gasteiger partial charge in [-0.05, 0) is 49.7 Å². The van der Waals surface area contributed by atoms with E-state index >= 15 is 0 Å². The largest absolute Gasteiger partial charge is 0.508 e. The molecule has 0 bridgehead atoms. The number of fused-ring (bicyclic) bond motifs is 1. The van der Waals surface area contributed by atoms with Gasteiger partial charge in [0.15, 0.2) is 11.4 Å². The third-order valence-corrected chi connectivity index (χ3v) is 3.68. The number of phenolic OH excluding ortho intramolecular Hbond substituents is 1. The highest BCUT2D eigenvalue weighted by Gasteiger charge is 2.19. The summed E-state index contributed by atoms with van der Waals surface area (Å²) in [6.45, 7) is 3.60. The number of amides is 1. The summed E-state index contributed by atoms with van der Waals surface area (Å²) in [5.41, 5.74) is 3.09. The first-order valence-electron chi connectivity index (χ1n) is 7.14. The zero-order chi connectivity index (χ0) is 16.6. The van der Waals surface area contributed by atoms with Crippen LogP contribution in [0.2, 0.25) is 0 Å². The van der Waals surface area contributed by atoms with Crippen molar-refractivity contribution < 1.29 is 14.6 Å². The van der Waals surface area contributed by atoms with Gasteiger partial charge in [0, 0.05) is 11.9 Å². The Hall–Kier alpha value is -3.02. The number of pyridine rings is 1. The van der Waals surface area contributed by atoms with Gasteiger partial charge in [-0.25, -0.2) is 4.98 Å². The zero-order valence-corrected chi connectivity index (χ0v) is 13.1. The zero-order valence-electron chi connectivity index (χ0n) is 13.1. The number of imidazole rings is 1. The molecule has 6 nitrogen and oxygen atoms in total. The van der Waals surface area contributed by atoms with Gasteiger partial charge in [0.2, 0.25) is 0 Å². The van der Waals surface area contributed by atoms with E-state index < -0.39 is 0 Å². The molecule has 0 atom stereocenters. The number of aromatic nitrogens is 2. The summed E-state index contributed by atoms with van der Waals surface area (Å²) in [6.07, 6.45) is 1.77. The van der Waals surface area contributed by atoms with Crippen LogP contribution < -0.4 is 10.1 Å². The summed E-state index contributed by atoms with van der Waals surface area (Å²) in [4.78, 5) is 17.1. The van der Waals surface area contributed by atoms with E-state index in [2.05, 4.69) is 10.3 Å². The molecule has 2 N–H and O–H groups in total. The SMILES string of the molecule is COc1cccn2c(C(=O)Nc3ccc(O)cc3C)c(C)nc12. The lowest BCUT2D eigenvalue weighted by molar-refractivity contribution is 0.102. The molecule has 0 spiro atoms. The average Bonchev–Trinajstić information content (AvgIpc) is 2.85. The predicted octanol–water partition coefficient (Wildman–Crippen LogP) is 2.92. The van der Waals surface area contributed by atoms with Gasteiger partial charge in [-0.1, -0.05) is 0 Å². The van der Waals surface area contributed by atoms with Gasteiger partial charge in [0.05, 0.1) is 12.8 Å². The van der Waals surface area contributed by atoms with Crippen LogP contribution in [-0.4, -0.2) is 27.5 Å². The Morgan fingerprint density at radius 1 is 1.30 bits per heavy atom. The van der Waals surface area contributed by atoms with Crippen molar-refractivity contribution in [3.63, 3.8) is 0 Å². The molecule has 23 heavy (non-hydrogen) atoms. The number of carbonyl (C=O) groups is 1. The Bertz CT molecular complexity index is 899. The summed E-state index contributed by atoms with van der Waals surface area (Å²) < 4.78 is 6.99. The lowest BCUT2D eigenvalue weighted by Crippen LogP contribution is -2.16. The van der Waals surface area contributed by atoms with Crippen LogP contribution in [0.5, 0.6) is 11.5 Å². The minimum atomic E-state index is -0.267. The first kappa shape index (κ1) is 14.9. The summed E-state index contributed by atoms with van der Waals surface area (Å²) in [6, 6.07) is 8.40. The quantitative estimate of drug-likeness (QED) is 0.729. The topological polar surface area (TPSA) is 75.9 Å². The smallest absolute Gasteiger partial charge is 0.274 e. The van der Waals surface area contributed by atoms with Crippen molar-refractivity contribution in [3.8, 4) is 11.5 Å². The molecule has 6 heteroatoms. The van der Waals surface area contributed by atoms with E-state index in [-0.39, 0.29) is 11.7 Å². The van der Waals surface area contributed by atoms with Crippen molar-refractivity contribution in [2.24, 2.45) is 0 Å². The summed E-state index contributed by atoms with van der Waals surface area (Å²) in [7, 11) is 1.57. The molecule has 1 amide bonds. The lowest BCUT2D eigenvalue weighted by atomic mass is 10.2. The molecule has 0 saturated carbocycles. The first-order chi connectivity index (χ1) is 11.0. The van der Waals surface area contributed by atoms with Crippen LogP contribution in [0.3, 0.4) is 0 Å². The Morgan fingerprint density at radius 3 is 2.78 bits per heavy atom. The molecule has 0 aliphatic carbocycles. The number of anilines is 1. The number of methoxy groups -OCH3 is 1. The molecule has 118 valence electrons. The van der Waals surface area contributed by atoms with Crippen molar-refractivity contribution in [1.82, 2.24) is 9.38 Å². The minimum absolute atomic E-state index is 0.163. The van der Waals surface area contributed by atoms with Gasteiger partial charge in [-0.15, -0.1) is 0 Å². The summed E-state index contributed by atoms with van der Waals surface area (Å²) in [5, 5.41) is 12.3. The van der Waals surface area contributed by atoms with Crippen LogP contribution in [-0.2, 0) is 0 Å². The van der Waals surface area contributed by atoms with Gasteiger partial charge in [-0.3, -0.25) is 9.20 Å². The van der Waals surface area contributed by atoms with Crippen LogP contribution in [0.25, 0.3) is 5.65 Å². The van der Waals surface area contributed by atoms with E-state index in [9.17, 15) is 9.90 Å². The number of ether oxygens (including phenoxy) is 1. The maximum atomic E-state index is 12.7. The normalized spacial score (nSPS) is 10.7. The molecule has 3 rings (SSSR count). The number of carbonyl (C=O) groups excluding carboxylic acids is 1. The van der Waals surface area contributed by atoms with Crippen molar-refractivity contribution in [1.29, 1.82) is 0 Å². The molecule has 0 aliphatic rings. The van der Waals surface area contributed by atoms with Crippen LogP contribution in [0.4, 0.5) is 5.69 Å². The highest BCUT2D eigenvalue weighted by Crippen LogP contribution is 2.24. The maximum Gasteiger partial charge on any atom is 0.274 e. The van der Waals surface area contributed by atoms with Crippen molar-refractivity contribution in [3.05, 3.63) is 53.5 Å². The van der Waals surface area contributed by atoms with E-state index in [1.165, 1.54) is 6.07 Å². The van der Waals surface area contributed by atoms with Gasteiger partial charge in [0.1, 0.15) is 11.4 Å². The van der Waals surface area contributed by atoms with Crippen LogP contribution >= 0.6 is 0 Å². The van der Waals surface area contributed by atoms with Crippen LogP contribution in [0, 0.1) is 13.8 Å². The van der Waals surface area contributed by atoms with E-state index in [1.807, 2.05) is 6.92 Å².